The Labute approximate surface area is 151 Å². The quantitative estimate of drug-likeness (QED) is 0.826. The van der Waals surface area contributed by atoms with Crippen molar-refractivity contribution in [3.8, 4) is 0 Å². The summed E-state index contributed by atoms with van der Waals surface area (Å²) >= 11 is 0. The number of hydrogen-bond acceptors (Lipinski definition) is 2. The monoisotopic (exact) mass is 339 g/mol. The fourth-order valence-electron chi connectivity index (χ4n) is 3.08. The summed E-state index contributed by atoms with van der Waals surface area (Å²) in [4.78, 5) is 14.8. The van der Waals surface area contributed by atoms with Crippen LogP contribution in [-0.4, -0.2) is 29.0 Å². The Kier molecular flexibility index (Phi) is 6.77. The average molecular weight is 339 g/mol. The predicted molar refractivity (Wildman–Crippen MR) is 102 cm³/mol. The smallest absolute Gasteiger partial charge is 0.226 e. The molecule has 25 heavy (non-hydrogen) atoms. The number of carbonyl (C=O) groups is 1. The summed E-state index contributed by atoms with van der Waals surface area (Å²) in [7, 11) is 1.79. The highest BCUT2D eigenvalue weighted by atomic mass is 16.3. The number of nitrogens with zero attached hydrogens (tertiary/aromatic N) is 1. The lowest BCUT2D eigenvalue weighted by Gasteiger charge is -2.33. The highest BCUT2D eigenvalue weighted by Crippen LogP contribution is 2.25. The highest BCUT2D eigenvalue weighted by Gasteiger charge is 2.30. The van der Waals surface area contributed by atoms with Crippen LogP contribution in [-0.2, 0) is 11.2 Å². The molecule has 2 aromatic carbocycles. The normalized spacial score (nSPS) is 14.8. The Hall–Kier alpha value is -2.13. The lowest BCUT2D eigenvalue weighted by molar-refractivity contribution is -0.139. The fourth-order valence-corrected chi connectivity index (χ4v) is 3.08. The third kappa shape index (κ3) is 4.93. The number of likely N-dealkylation sites (N-methyl/N-ethyl adjacent to an activating group) is 1. The van der Waals surface area contributed by atoms with Gasteiger partial charge in [0.05, 0.1) is 12.1 Å². The van der Waals surface area contributed by atoms with Crippen molar-refractivity contribution in [2.45, 2.75) is 39.3 Å². The maximum atomic E-state index is 13.1. The van der Waals surface area contributed by atoms with E-state index in [2.05, 4.69) is 26.0 Å². The van der Waals surface area contributed by atoms with E-state index in [1.54, 1.807) is 11.9 Å². The summed E-state index contributed by atoms with van der Waals surface area (Å²) in [5.41, 5.74) is 2.00. The molecule has 1 amide bonds. The van der Waals surface area contributed by atoms with E-state index in [1.807, 2.05) is 55.5 Å². The van der Waals surface area contributed by atoms with Gasteiger partial charge < -0.3 is 10.0 Å². The van der Waals surface area contributed by atoms with Gasteiger partial charge in [-0.05, 0) is 30.4 Å². The van der Waals surface area contributed by atoms with E-state index in [0.29, 0.717) is 0 Å². The van der Waals surface area contributed by atoms with Gasteiger partial charge in [-0.15, -0.1) is 0 Å². The van der Waals surface area contributed by atoms with Gasteiger partial charge in [-0.2, -0.15) is 0 Å². The van der Waals surface area contributed by atoms with Crippen molar-refractivity contribution in [1.29, 1.82) is 0 Å². The van der Waals surface area contributed by atoms with Crippen LogP contribution in [0, 0.1) is 11.8 Å². The Morgan fingerprint density at radius 1 is 0.960 bits per heavy atom. The number of amides is 1. The first-order valence-electron chi connectivity index (χ1n) is 8.95. The van der Waals surface area contributed by atoms with Crippen molar-refractivity contribution < 1.29 is 9.90 Å². The first kappa shape index (κ1) is 19.2. The molecular formula is C22H29NO2. The van der Waals surface area contributed by atoms with E-state index in [1.165, 1.54) is 5.56 Å². The summed E-state index contributed by atoms with van der Waals surface area (Å²) in [6, 6.07) is 19.3. The maximum absolute atomic E-state index is 13.1. The second-order valence-corrected chi connectivity index (χ2v) is 7.09. The minimum atomic E-state index is -0.695. The molecule has 0 saturated heterocycles. The van der Waals surface area contributed by atoms with Crippen molar-refractivity contribution in [3.05, 3.63) is 71.8 Å². The largest absolute Gasteiger partial charge is 0.386 e. The van der Waals surface area contributed by atoms with Crippen molar-refractivity contribution in [3.63, 3.8) is 0 Å². The van der Waals surface area contributed by atoms with Crippen LogP contribution in [0.25, 0.3) is 0 Å². The molecule has 3 atom stereocenters. The van der Waals surface area contributed by atoms with Gasteiger partial charge in [-0.3, -0.25) is 4.79 Å². The van der Waals surface area contributed by atoms with Gasteiger partial charge in [0.2, 0.25) is 5.91 Å². The lowest BCUT2D eigenvalue weighted by Crippen LogP contribution is -2.44. The molecule has 3 nitrogen and oxygen atoms in total. The number of benzene rings is 2. The SMILES string of the molecule is CC(C)[C@H](Cc1ccccc1)C(=O)N(C)[C@@H](C)[C@@H](O)c1ccccc1. The molecule has 0 aromatic heterocycles. The van der Waals surface area contributed by atoms with Gasteiger partial charge in [-0.25, -0.2) is 0 Å². The second kappa shape index (κ2) is 8.82. The molecule has 0 aliphatic rings. The molecule has 3 heteroatoms. The standard InChI is InChI=1S/C22H29NO2/c1-16(2)20(15-18-11-7-5-8-12-18)22(25)23(4)17(3)21(24)19-13-9-6-10-14-19/h5-14,16-17,20-21,24H,15H2,1-4H3/t17-,20-,21+/m0/s1. The molecule has 2 aromatic rings. The molecule has 0 radical (unpaired) electrons. The van der Waals surface area contributed by atoms with Gasteiger partial charge in [0.25, 0.3) is 0 Å². The van der Waals surface area contributed by atoms with Crippen molar-refractivity contribution in [2.24, 2.45) is 11.8 Å². The first-order valence-corrected chi connectivity index (χ1v) is 8.95. The van der Waals surface area contributed by atoms with Crippen LogP contribution < -0.4 is 0 Å². The molecule has 2 rings (SSSR count). The molecule has 1 N–H and O–H groups in total. The Morgan fingerprint density at radius 3 is 2.00 bits per heavy atom. The topological polar surface area (TPSA) is 40.5 Å². The van der Waals surface area contributed by atoms with Gasteiger partial charge in [0, 0.05) is 13.0 Å². The molecular weight excluding hydrogens is 310 g/mol. The first-order chi connectivity index (χ1) is 11.9. The minimum Gasteiger partial charge on any atom is -0.386 e. The van der Waals surface area contributed by atoms with Crippen LogP contribution in [0.5, 0.6) is 0 Å². The zero-order valence-electron chi connectivity index (χ0n) is 15.6. The molecule has 0 fully saturated rings. The van der Waals surface area contributed by atoms with Crippen molar-refractivity contribution in [1.82, 2.24) is 4.90 Å². The summed E-state index contributed by atoms with van der Waals surface area (Å²) in [6.45, 7) is 6.06. The van der Waals surface area contributed by atoms with Crippen LogP contribution in [0.1, 0.15) is 38.0 Å². The lowest BCUT2D eigenvalue weighted by atomic mass is 9.87. The Balaban J connectivity index is 2.12. The zero-order valence-corrected chi connectivity index (χ0v) is 15.6. The van der Waals surface area contributed by atoms with E-state index >= 15 is 0 Å². The third-order valence-electron chi connectivity index (χ3n) is 4.98. The van der Waals surface area contributed by atoms with E-state index < -0.39 is 6.10 Å². The van der Waals surface area contributed by atoms with Crippen LogP contribution in [0.3, 0.4) is 0 Å². The molecule has 0 heterocycles. The number of carbonyl (C=O) groups excluding carboxylic acids is 1. The van der Waals surface area contributed by atoms with Crippen molar-refractivity contribution >= 4 is 5.91 Å². The molecule has 134 valence electrons. The summed E-state index contributed by atoms with van der Waals surface area (Å²) in [5.74, 6) is 0.218. The van der Waals surface area contributed by atoms with E-state index in [-0.39, 0.29) is 23.8 Å². The Morgan fingerprint density at radius 2 is 1.48 bits per heavy atom. The van der Waals surface area contributed by atoms with Crippen molar-refractivity contribution in [2.75, 3.05) is 7.05 Å². The summed E-state index contributed by atoms with van der Waals surface area (Å²) in [5, 5.41) is 10.6. The highest BCUT2D eigenvalue weighted by molar-refractivity contribution is 5.79. The van der Waals surface area contributed by atoms with Crippen LogP contribution in [0.2, 0.25) is 0 Å². The summed E-state index contributed by atoms with van der Waals surface area (Å²) < 4.78 is 0. The molecule has 0 bridgehead atoms. The maximum Gasteiger partial charge on any atom is 0.226 e. The van der Waals surface area contributed by atoms with Gasteiger partial charge in [0.1, 0.15) is 0 Å². The molecule has 0 unspecified atom stereocenters. The van der Waals surface area contributed by atoms with Crippen LogP contribution in [0.4, 0.5) is 0 Å². The fraction of sp³-hybridized carbons (Fsp3) is 0.409. The second-order valence-electron chi connectivity index (χ2n) is 7.09. The minimum absolute atomic E-state index is 0.0846. The number of hydrogen-bond donors (Lipinski definition) is 1. The molecule has 0 spiro atoms. The van der Waals surface area contributed by atoms with Crippen LogP contribution >= 0.6 is 0 Å². The molecule has 0 saturated carbocycles. The van der Waals surface area contributed by atoms with Gasteiger partial charge in [0.15, 0.2) is 0 Å². The average Bonchev–Trinajstić information content (AvgIpc) is 2.65. The molecule has 0 aliphatic heterocycles. The van der Waals surface area contributed by atoms with Crippen LogP contribution in [0.15, 0.2) is 60.7 Å². The number of rotatable bonds is 7. The summed E-state index contributed by atoms with van der Waals surface area (Å²) in [6.07, 6.45) is 0.0234. The van der Waals surface area contributed by atoms with E-state index in [0.717, 1.165) is 12.0 Å². The van der Waals surface area contributed by atoms with E-state index in [4.69, 9.17) is 0 Å². The van der Waals surface area contributed by atoms with Gasteiger partial charge in [-0.1, -0.05) is 74.5 Å². The number of aliphatic hydroxyl groups excluding tert-OH is 1. The molecule has 0 aliphatic carbocycles. The van der Waals surface area contributed by atoms with Gasteiger partial charge >= 0.3 is 0 Å². The third-order valence-corrected chi connectivity index (χ3v) is 4.98. The van der Waals surface area contributed by atoms with E-state index in [9.17, 15) is 9.90 Å². The zero-order chi connectivity index (χ0) is 18.4. The predicted octanol–water partition coefficient (Wildman–Crippen LogP) is 4.08. The number of aliphatic hydroxyl groups is 1. The Bertz CT molecular complexity index is 654.